The first-order valence-corrected chi connectivity index (χ1v) is 7.85. The summed E-state index contributed by atoms with van der Waals surface area (Å²) in [5, 5.41) is 0.0719. The van der Waals surface area contributed by atoms with Gasteiger partial charge in [-0.15, -0.1) is 0 Å². The molecule has 0 amide bonds. The fourth-order valence-electron chi connectivity index (χ4n) is 2.58. The van der Waals surface area contributed by atoms with E-state index in [9.17, 15) is 4.57 Å². The van der Waals surface area contributed by atoms with Crippen LogP contribution in [0.25, 0.3) is 0 Å². The van der Waals surface area contributed by atoms with Gasteiger partial charge in [0.15, 0.2) is 5.16 Å². The number of unbranched alkanes of at least 4 members (excludes halogenated alkanes) is 3. The molecule has 0 aliphatic carbocycles. The van der Waals surface area contributed by atoms with Gasteiger partial charge in [-0.2, -0.15) is 0 Å². The average Bonchev–Trinajstić information content (AvgIpc) is 2.28. The SMILES string of the molecule is CCCCCCC([PH+]=O)(C(C)C)C(C)CC. The number of rotatable bonds is 9. The van der Waals surface area contributed by atoms with Crippen LogP contribution >= 0.6 is 8.46 Å². The minimum Gasteiger partial charge on any atom is -0.0768 e. The lowest BCUT2D eigenvalue weighted by molar-refractivity contribution is 0.272. The molecule has 3 unspecified atom stereocenters. The monoisotopic (exact) mass is 245 g/mol. The summed E-state index contributed by atoms with van der Waals surface area (Å²) < 4.78 is 11.7. The van der Waals surface area contributed by atoms with Gasteiger partial charge in [0.1, 0.15) is 0 Å². The van der Waals surface area contributed by atoms with Gasteiger partial charge >= 0.3 is 8.46 Å². The van der Waals surface area contributed by atoms with E-state index in [0.717, 1.165) is 12.8 Å². The molecule has 0 saturated carbocycles. The normalized spacial score (nSPS) is 17.6. The van der Waals surface area contributed by atoms with Gasteiger partial charge in [-0.1, -0.05) is 58.4 Å². The summed E-state index contributed by atoms with van der Waals surface area (Å²) in [6.45, 7) is 11.2. The third kappa shape index (κ3) is 4.17. The van der Waals surface area contributed by atoms with Gasteiger partial charge in [0, 0.05) is 11.8 Å². The maximum Gasteiger partial charge on any atom is 0.331 e. The summed E-state index contributed by atoms with van der Waals surface area (Å²) in [4.78, 5) is 0. The van der Waals surface area contributed by atoms with Gasteiger partial charge in [-0.3, -0.25) is 0 Å². The fraction of sp³-hybridized carbons (Fsp3) is 1.00. The van der Waals surface area contributed by atoms with E-state index in [1.807, 2.05) is 0 Å². The van der Waals surface area contributed by atoms with Gasteiger partial charge in [0.2, 0.25) is 0 Å². The summed E-state index contributed by atoms with van der Waals surface area (Å²) in [5.41, 5.74) is 0. The van der Waals surface area contributed by atoms with E-state index in [0.29, 0.717) is 11.8 Å². The zero-order valence-electron chi connectivity index (χ0n) is 11.8. The Bertz CT molecular complexity index is 191. The van der Waals surface area contributed by atoms with Crippen molar-refractivity contribution in [2.24, 2.45) is 11.8 Å². The van der Waals surface area contributed by atoms with Crippen molar-refractivity contribution >= 4 is 8.46 Å². The molecule has 0 aliphatic heterocycles. The van der Waals surface area contributed by atoms with Crippen molar-refractivity contribution < 1.29 is 4.57 Å². The predicted octanol–water partition coefficient (Wildman–Crippen LogP) is 5.42. The Labute approximate surface area is 104 Å². The van der Waals surface area contributed by atoms with Gasteiger partial charge < -0.3 is 0 Å². The van der Waals surface area contributed by atoms with Crippen LogP contribution in [-0.2, 0) is 4.57 Å². The summed E-state index contributed by atoms with van der Waals surface area (Å²) in [7, 11) is -0.151. The van der Waals surface area contributed by atoms with Crippen LogP contribution in [0, 0.1) is 11.8 Å². The molecule has 1 nitrogen and oxygen atoms in total. The predicted molar refractivity (Wildman–Crippen MR) is 74.8 cm³/mol. The average molecular weight is 245 g/mol. The molecule has 0 aromatic rings. The van der Waals surface area contributed by atoms with Crippen molar-refractivity contribution in [3.63, 3.8) is 0 Å². The molecule has 0 aromatic carbocycles. The molecule has 0 spiro atoms. The van der Waals surface area contributed by atoms with Crippen LogP contribution in [0.4, 0.5) is 0 Å². The fourth-order valence-corrected chi connectivity index (χ4v) is 3.50. The van der Waals surface area contributed by atoms with Gasteiger partial charge in [-0.25, -0.2) is 0 Å². The van der Waals surface area contributed by atoms with Crippen LogP contribution < -0.4 is 0 Å². The molecular formula is C14H30OP+. The Morgan fingerprint density at radius 2 is 1.69 bits per heavy atom. The standard InChI is InChI=1S/C14H29OP/c1-6-8-9-10-11-14(16-15,12(3)4)13(5)7-2/h12-13H,6-11H2,1-5H3/p+1. The minimum absolute atomic E-state index is 0.0719. The Hall–Kier alpha value is 0.100. The molecule has 96 valence electrons. The molecular weight excluding hydrogens is 215 g/mol. The second-order valence-corrected chi connectivity index (χ2v) is 6.55. The molecule has 2 heteroatoms. The smallest absolute Gasteiger partial charge is 0.0768 e. The van der Waals surface area contributed by atoms with E-state index >= 15 is 0 Å². The number of hydrogen-bond acceptors (Lipinski definition) is 1. The van der Waals surface area contributed by atoms with Gasteiger partial charge in [0.05, 0.1) is 0 Å². The quantitative estimate of drug-likeness (QED) is 0.391. The summed E-state index contributed by atoms with van der Waals surface area (Å²) in [6, 6.07) is 0. The van der Waals surface area contributed by atoms with Crippen molar-refractivity contribution in [1.82, 2.24) is 0 Å². The molecule has 0 aromatic heterocycles. The maximum atomic E-state index is 11.7. The molecule has 0 bridgehead atoms. The summed E-state index contributed by atoms with van der Waals surface area (Å²) in [6.07, 6.45) is 7.41. The highest BCUT2D eigenvalue weighted by atomic mass is 31.1. The van der Waals surface area contributed by atoms with Crippen LogP contribution in [0.3, 0.4) is 0 Å². The van der Waals surface area contributed by atoms with Crippen molar-refractivity contribution in [3.8, 4) is 0 Å². The molecule has 0 saturated heterocycles. The van der Waals surface area contributed by atoms with E-state index in [4.69, 9.17) is 0 Å². The summed E-state index contributed by atoms with van der Waals surface area (Å²) in [5.74, 6) is 1.10. The molecule has 0 N–H and O–H groups in total. The topological polar surface area (TPSA) is 17.1 Å². The third-order valence-corrected chi connectivity index (χ3v) is 5.86. The highest BCUT2D eigenvalue weighted by Gasteiger charge is 2.45. The Morgan fingerprint density at radius 1 is 1.06 bits per heavy atom. The largest absolute Gasteiger partial charge is 0.331 e. The van der Waals surface area contributed by atoms with Crippen LogP contribution in [0.1, 0.15) is 73.1 Å². The van der Waals surface area contributed by atoms with E-state index in [2.05, 4.69) is 34.6 Å². The first kappa shape index (κ1) is 16.1. The maximum absolute atomic E-state index is 11.7. The highest BCUT2D eigenvalue weighted by Crippen LogP contribution is 2.44. The first-order chi connectivity index (χ1) is 7.55. The van der Waals surface area contributed by atoms with Crippen LogP contribution in [0.5, 0.6) is 0 Å². The lowest BCUT2D eigenvalue weighted by atomic mass is 9.78. The lowest BCUT2D eigenvalue weighted by Gasteiger charge is -2.30. The van der Waals surface area contributed by atoms with E-state index in [-0.39, 0.29) is 13.6 Å². The minimum atomic E-state index is -0.151. The van der Waals surface area contributed by atoms with E-state index in [1.54, 1.807) is 0 Å². The van der Waals surface area contributed by atoms with Gasteiger partial charge in [0.25, 0.3) is 0 Å². The molecule has 0 aliphatic rings. The Kier molecular flexibility index (Phi) is 8.28. The van der Waals surface area contributed by atoms with Crippen LogP contribution in [0.15, 0.2) is 0 Å². The number of hydrogen-bond donors (Lipinski definition) is 0. The lowest BCUT2D eigenvalue weighted by Crippen LogP contribution is -2.36. The zero-order chi connectivity index (χ0) is 12.6. The van der Waals surface area contributed by atoms with Crippen molar-refractivity contribution in [3.05, 3.63) is 0 Å². The third-order valence-electron chi connectivity index (χ3n) is 4.16. The van der Waals surface area contributed by atoms with Crippen molar-refractivity contribution in [1.29, 1.82) is 0 Å². The first-order valence-electron chi connectivity index (χ1n) is 6.94. The van der Waals surface area contributed by atoms with Gasteiger partial charge in [-0.05, 0) is 19.3 Å². The van der Waals surface area contributed by atoms with E-state index in [1.165, 1.54) is 25.7 Å². The Morgan fingerprint density at radius 3 is 2.06 bits per heavy atom. The van der Waals surface area contributed by atoms with Crippen molar-refractivity contribution in [2.75, 3.05) is 0 Å². The molecule has 0 heterocycles. The second-order valence-electron chi connectivity index (χ2n) is 5.42. The molecule has 0 radical (unpaired) electrons. The van der Waals surface area contributed by atoms with Crippen molar-refractivity contribution in [2.45, 2.75) is 78.3 Å². The highest BCUT2D eigenvalue weighted by molar-refractivity contribution is 7.26. The zero-order valence-corrected chi connectivity index (χ0v) is 12.8. The van der Waals surface area contributed by atoms with Crippen LogP contribution in [-0.4, -0.2) is 5.16 Å². The molecule has 16 heavy (non-hydrogen) atoms. The van der Waals surface area contributed by atoms with Crippen LogP contribution in [0.2, 0.25) is 0 Å². The molecule has 3 atom stereocenters. The molecule has 0 rings (SSSR count). The van der Waals surface area contributed by atoms with E-state index < -0.39 is 0 Å². The molecule has 0 fully saturated rings. The second kappa shape index (κ2) is 8.23. The Balaban J connectivity index is 4.46. The summed E-state index contributed by atoms with van der Waals surface area (Å²) >= 11 is 0.